The van der Waals surface area contributed by atoms with E-state index in [1.807, 2.05) is 12.2 Å². The molecule has 3 saturated carbocycles. The fourth-order valence-electron chi connectivity index (χ4n) is 8.49. The number of carbonyl (C=O) groups is 1. The van der Waals surface area contributed by atoms with Gasteiger partial charge < -0.3 is 0 Å². The topological polar surface area (TPSA) is 17.1 Å². The number of fused-ring (bicyclic) bond motifs is 7. The molecule has 6 unspecified atom stereocenters. The van der Waals surface area contributed by atoms with Crippen LogP contribution in [0.4, 0.5) is 0 Å². The molecule has 0 aliphatic heterocycles. The van der Waals surface area contributed by atoms with Gasteiger partial charge in [-0.2, -0.15) is 0 Å². The number of carbonyl (C=O) groups excluding carboxylic acids is 1. The lowest BCUT2D eigenvalue weighted by atomic mass is 9.35. The molecule has 0 amide bonds. The number of hydrogen-bond donors (Lipinski definition) is 0. The zero-order valence-electron chi connectivity index (χ0n) is 19.3. The zero-order valence-corrected chi connectivity index (χ0v) is 19.3. The van der Waals surface area contributed by atoms with Gasteiger partial charge in [0.25, 0.3) is 0 Å². The monoisotopic (exact) mass is 390 g/mol. The molecule has 0 bridgehead atoms. The van der Waals surface area contributed by atoms with Gasteiger partial charge in [-0.25, -0.2) is 0 Å². The summed E-state index contributed by atoms with van der Waals surface area (Å²) in [5.41, 5.74) is 6.47. The second-order valence-corrected chi connectivity index (χ2v) is 12.1. The minimum absolute atomic E-state index is 0.0115. The third-order valence-corrected chi connectivity index (χ3v) is 10.6. The standard InChI is InChI=1S/C28H38O/c1-18-9-10-25(3)11-13-27(5)23-8-7-21-19(2)16-20(29)17-22(21)26(23,4)12-14-28(27,6)24(25)15-18/h7-8,16-18,24H,9-15H2,1-6H3. The lowest BCUT2D eigenvalue weighted by Crippen LogP contribution is -2.60. The Hall–Kier alpha value is -1.37. The molecule has 3 fully saturated rings. The maximum absolute atomic E-state index is 12.4. The predicted molar refractivity (Wildman–Crippen MR) is 120 cm³/mol. The summed E-state index contributed by atoms with van der Waals surface area (Å²) in [5.74, 6) is 1.85. The van der Waals surface area contributed by atoms with Crippen molar-refractivity contribution >= 4 is 5.78 Å². The Morgan fingerprint density at radius 1 is 0.931 bits per heavy atom. The van der Waals surface area contributed by atoms with Crippen molar-refractivity contribution in [2.75, 3.05) is 0 Å². The van der Waals surface area contributed by atoms with Gasteiger partial charge in [-0.1, -0.05) is 58.8 Å². The van der Waals surface area contributed by atoms with Crippen LogP contribution in [0.3, 0.4) is 0 Å². The highest BCUT2D eigenvalue weighted by molar-refractivity contribution is 6.04. The van der Waals surface area contributed by atoms with Crippen LogP contribution in [-0.2, 0) is 4.79 Å². The molecular weight excluding hydrogens is 352 g/mol. The van der Waals surface area contributed by atoms with Crippen molar-refractivity contribution < 1.29 is 4.79 Å². The average molecular weight is 391 g/mol. The summed E-state index contributed by atoms with van der Waals surface area (Å²) in [4.78, 5) is 12.4. The van der Waals surface area contributed by atoms with Gasteiger partial charge in [-0.05, 0) is 102 Å². The SMILES string of the molecule is CC1=CC(=O)C=C2C1=CC=C1C2(C)CCC2(C)C3CC(C)CCC3(C)CCC12C. The molecule has 29 heavy (non-hydrogen) atoms. The Morgan fingerprint density at radius 3 is 2.45 bits per heavy atom. The van der Waals surface area contributed by atoms with Crippen LogP contribution in [-0.4, -0.2) is 5.78 Å². The van der Waals surface area contributed by atoms with Gasteiger partial charge in [0.1, 0.15) is 0 Å². The van der Waals surface area contributed by atoms with Crippen molar-refractivity contribution in [1.29, 1.82) is 0 Å². The normalized spacial score (nSPS) is 48.8. The second kappa shape index (κ2) is 5.86. The predicted octanol–water partition coefficient (Wildman–Crippen LogP) is 7.36. The molecule has 0 aromatic heterocycles. The highest BCUT2D eigenvalue weighted by Gasteiger charge is 2.65. The van der Waals surface area contributed by atoms with E-state index in [2.05, 4.69) is 53.7 Å². The van der Waals surface area contributed by atoms with Crippen molar-refractivity contribution in [3.63, 3.8) is 0 Å². The molecule has 6 atom stereocenters. The maximum Gasteiger partial charge on any atom is 0.179 e. The number of rotatable bonds is 0. The summed E-state index contributed by atoms with van der Waals surface area (Å²) in [5, 5.41) is 0. The number of hydrogen-bond acceptors (Lipinski definition) is 1. The minimum Gasteiger partial charge on any atom is -0.290 e. The first kappa shape index (κ1) is 19.6. The van der Waals surface area contributed by atoms with Gasteiger partial charge in [-0.3, -0.25) is 4.79 Å². The average Bonchev–Trinajstić information content (AvgIpc) is 2.66. The van der Waals surface area contributed by atoms with Gasteiger partial charge in [-0.15, -0.1) is 0 Å². The van der Waals surface area contributed by atoms with Crippen molar-refractivity contribution in [2.24, 2.45) is 33.5 Å². The van der Waals surface area contributed by atoms with E-state index in [9.17, 15) is 4.79 Å². The highest BCUT2D eigenvalue weighted by Crippen LogP contribution is 2.74. The summed E-state index contributed by atoms with van der Waals surface area (Å²) in [7, 11) is 0. The van der Waals surface area contributed by atoms with E-state index in [0.717, 1.165) is 17.4 Å². The molecule has 156 valence electrons. The van der Waals surface area contributed by atoms with E-state index < -0.39 is 0 Å². The van der Waals surface area contributed by atoms with Crippen LogP contribution >= 0.6 is 0 Å². The van der Waals surface area contributed by atoms with E-state index in [1.54, 1.807) is 5.57 Å². The van der Waals surface area contributed by atoms with E-state index in [0.29, 0.717) is 10.8 Å². The van der Waals surface area contributed by atoms with Crippen LogP contribution in [0.2, 0.25) is 0 Å². The van der Waals surface area contributed by atoms with Crippen molar-refractivity contribution in [2.45, 2.75) is 86.5 Å². The molecule has 0 aromatic rings. The van der Waals surface area contributed by atoms with Crippen LogP contribution in [0, 0.1) is 33.5 Å². The van der Waals surface area contributed by atoms with Crippen molar-refractivity contribution in [1.82, 2.24) is 0 Å². The fourth-order valence-corrected chi connectivity index (χ4v) is 8.49. The van der Waals surface area contributed by atoms with Crippen LogP contribution in [0.15, 0.2) is 46.6 Å². The molecular formula is C28H38O. The maximum atomic E-state index is 12.4. The van der Waals surface area contributed by atoms with E-state index >= 15 is 0 Å². The van der Waals surface area contributed by atoms with E-state index in [1.165, 1.54) is 56.1 Å². The van der Waals surface area contributed by atoms with Gasteiger partial charge in [0.15, 0.2) is 5.78 Å². The lowest BCUT2D eigenvalue weighted by molar-refractivity contribution is -0.148. The molecule has 5 aliphatic carbocycles. The summed E-state index contributed by atoms with van der Waals surface area (Å²) in [6.07, 6.45) is 17.9. The summed E-state index contributed by atoms with van der Waals surface area (Å²) < 4.78 is 0. The fraction of sp³-hybridized carbons (Fsp3) is 0.679. The summed E-state index contributed by atoms with van der Waals surface area (Å²) in [6.45, 7) is 14.8. The third kappa shape index (κ3) is 2.37. The van der Waals surface area contributed by atoms with Crippen LogP contribution in [0.1, 0.15) is 86.5 Å². The molecule has 5 aliphatic rings. The minimum atomic E-state index is 0.0115. The molecule has 1 heteroatoms. The van der Waals surface area contributed by atoms with Gasteiger partial charge >= 0.3 is 0 Å². The molecule has 0 aromatic carbocycles. The Morgan fingerprint density at radius 2 is 1.69 bits per heavy atom. The summed E-state index contributed by atoms with van der Waals surface area (Å²) >= 11 is 0. The Balaban J connectivity index is 1.65. The first-order valence-electron chi connectivity index (χ1n) is 11.9. The molecule has 0 radical (unpaired) electrons. The molecule has 0 saturated heterocycles. The van der Waals surface area contributed by atoms with Crippen molar-refractivity contribution in [3.05, 3.63) is 46.6 Å². The van der Waals surface area contributed by atoms with Gasteiger partial charge in [0.2, 0.25) is 0 Å². The van der Waals surface area contributed by atoms with Crippen LogP contribution in [0.5, 0.6) is 0 Å². The van der Waals surface area contributed by atoms with Crippen LogP contribution < -0.4 is 0 Å². The molecule has 1 nitrogen and oxygen atoms in total. The lowest BCUT2D eigenvalue weighted by Gasteiger charge is -2.69. The quantitative estimate of drug-likeness (QED) is 0.422. The largest absolute Gasteiger partial charge is 0.290 e. The summed E-state index contributed by atoms with van der Waals surface area (Å²) in [6, 6.07) is 0. The highest BCUT2D eigenvalue weighted by atomic mass is 16.1. The Labute approximate surface area is 177 Å². The molecule has 0 N–H and O–H groups in total. The van der Waals surface area contributed by atoms with Gasteiger partial charge in [0.05, 0.1) is 0 Å². The van der Waals surface area contributed by atoms with Gasteiger partial charge in [0, 0.05) is 5.41 Å². The number of allylic oxidation sites excluding steroid dienone is 8. The number of ketones is 1. The Bertz CT molecular complexity index is 913. The smallest absolute Gasteiger partial charge is 0.179 e. The van der Waals surface area contributed by atoms with E-state index in [4.69, 9.17) is 0 Å². The van der Waals surface area contributed by atoms with Crippen molar-refractivity contribution in [3.8, 4) is 0 Å². The third-order valence-electron chi connectivity index (χ3n) is 10.6. The molecule has 0 spiro atoms. The Kier molecular flexibility index (Phi) is 3.96. The second-order valence-electron chi connectivity index (χ2n) is 12.1. The molecule has 5 rings (SSSR count). The van der Waals surface area contributed by atoms with Crippen LogP contribution in [0.25, 0.3) is 0 Å². The molecule has 0 heterocycles. The first-order chi connectivity index (χ1) is 13.5. The first-order valence-corrected chi connectivity index (χ1v) is 11.9. The van der Waals surface area contributed by atoms with E-state index in [-0.39, 0.29) is 16.6 Å². The zero-order chi connectivity index (χ0) is 20.8.